The molecule has 1 aliphatic heterocycles. The number of thioether (sulfide) groups is 1. The minimum atomic E-state index is 0.428. The summed E-state index contributed by atoms with van der Waals surface area (Å²) < 4.78 is 5.61. The van der Waals surface area contributed by atoms with Crippen LogP contribution in [0.1, 0.15) is 55.5 Å². The third-order valence-electron chi connectivity index (χ3n) is 3.69. The van der Waals surface area contributed by atoms with Crippen LogP contribution in [0.25, 0.3) is 0 Å². The number of hydrogen-bond acceptors (Lipinski definition) is 4. The zero-order valence-corrected chi connectivity index (χ0v) is 11.4. The average molecular weight is 250 g/mol. The van der Waals surface area contributed by atoms with Crippen molar-refractivity contribution < 1.29 is 4.52 Å². The van der Waals surface area contributed by atoms with Crippen LogP contribution in [0, 0.1) is 5.92 Å². The highest BCUT2D eigenvalue weighted by molar-refractivity contribution is 8.13. The van der Waals surface area contributed by atoms with Crippen molar-refractivity contribution in [2.75, 3.05) is 12.8 Å². The number of aliphatic imine (C=N–C) groups is 1. The SMILES string of the molecule is CSC1=NCC(C(C)C)c2noc(C3CC3)c21. The Bertz CT molecular complexity index is 460. The van der Waals surface area contributed by atoms with Gasteiger partial charge in [0.05, 0.1) is 11.3 Å². The second-order valence-electron chi connectivity index (χ2n) is 5.28. The molecule has 1 aliphatic carbocycles. The first kappa shape index (κ1) is 11.3. The van der Waals surface area contributed by atoms with E-state index in [0.717, 1.165) is 23.0 Å². The molecular formula is C13H18N2OS. The molecule has 0 aromatic carbocycles. The largest absolute Gasteiger partial charge is 0.360 e. The summed E-state index contributed by atoms with van der Waals surface area (Å²) in [7, 11) is 0. The lowest BCUT2D eigenvalue weighted by molar-refractivity contribution is 0.365. The molecule has 92 valence electrons. The fourth-order valence-electron chi connectivity index (χ4n) is 2.45. The maximum atomic E-state index is 5.61. The summed E-state index contributed by atoms with van der Waals surface area (Å²) in [4.78, 5) is 4.71. The van der Waals surface area contributed by atoms with Crippen molar-refractivity contribution in [2.24, 2.45) is 10.9 Å². The molecular weight excluding hydrogens is 232 g/mol. The quantitative estimate of drug-likeness (QED) is 0.807. The Morgan fingerprint density at radius 1 is 1.35 bits per heavy atom. The minimum absolute atomic E-state index is 0.428. The van der Waals surface area contributed by atoms with Gasteiger partial charge in [-0.15, -0.1) is 11.8 Å². The molecule has 0 radical (unpaired) electrons. The molecule has 3 nitrogen and oxygen atoms in total. The van der Waals surface area contributed by atoms with Crippen LogP contribution in [0.3, 0.4) is 0 Å². The Balaban J connectivity index is 2.07. The summed E-state index contributed by atoms with van der Waals surface area (Å²) in [5, 5.41) is 5.47. The van der Waals surface area contributed by atoms with Crippen molar-refractivity contribution in [3.8, 4) is 0 Å². The van der Waals surface area contributed by atoms with E-state index in [-0.39, 0.29) is 0 Å². The van der Waals surface area contributed by atoms with E-state index >= 15 is 0 Å². The number of hydrogen-bond donors (Lipinski definition) is 0. The fourth-order valence-corrected chi connectivity index (χ4v) is 3.06. The molecule has 0 saturated heterocycles. The normalized spacial score (nSPS) is 23.8. The van der Waals surface area contributed by atoms with Crippen molar-refractivity contribution in [3.63, 3.8) is 0 Å². The Hall–Kier alpha value is -0.770. The van der Waals surface area contributed by atoms with Crippen LogP contribution in [0.2, 0.25) is 0 Å². The van der Waals surface area contributed by atoms with Gasteiger partial charge in [0.1, 0.15) is 10.8 Å². The highest BCUT2D eigenvalue weighted by Crippen LogP contribution is 2.46. The first-order chi connectivity index (χ1) is 8.22. The minimum Gasteiger partial charge on any atom is -0.360 e. The zero-order chi connectivity index (χ0) is 12.0. The Kier molecular flexibility index (Phi) is 2.77. The smallest absolute Gasteiger partial charge is 0.150 e. The van der Waals surface area contributed by atoms with Crippen molar-refractivity contribution in [1.82, 2.24) is 5.16 Å². The lowest BCUT2D eigenvalue weighted by Crippen LogP contribution is -2.20. The van der Waals surface area contributed by atoms with E-state index < -0.39 is 0 Å². The molecule has 1 atom stereocenters. The summed E-state index contributed by atoms with van der Waals surface area (Å²) in [5.41, 5.74) is 2.38. The van der Waals surface area contributed by atoms with Crippen LogP contribution < -0.4 is 0 Å². The molecule has 0 amide bonds. The average Bonchev–Trinajstić information content (AvgIpc) is 3.07. The van der Waals surface area contributed by atoms with E-state index in [0.29, 0.717) is 17.8 Å². The number of nitrogens with zero attached hydrogens (tertiary/aromatic N) is 2. The lowest BCUT2D eigenvalue weighted by Gasteiger charge is -2.22. The van der Waals surface area contributed by atoms with Gasteiger partial charge in [0.15, 0.2) is 0 Å². The van der Waals surface area contributed by atoms with Gasteiger partial charge in [0.2, 0.25) is 0 Å². The highest BCUT2D eigenvalue weighted by Gasteiger charge is 2.38. The van der Waals surface area contributed by atoms with E-state index in [2.05, 4.69) is 25.3 Å². The molecule has 1 fully saturated rings. The van der Waals surface area contributed by atoms with Crippen molar-refractivity contribution >= 4 is 16.8 Å². The van der Waals surface area contributed by atoms with Gasteiger partial charge >= 0.3 is 0 Å². The summed E-state index contributed by atoms with van der Waals surface area (Å²) >= 11 is 1.72. The number of fused-ring (bicyclic) bond motifs is 1. The molecule has 1 aromatic heterocycles. The van der Waals surface area contributed by atoms with Crippen LogP contribution in [-0.2, 0) is 0 Å². The molecule has 2 aliphatic rings. The van der Waals surface area contributed by atoms with Crippen LogP contribution in [0.15, 0.2) is 9.52 Å². The molecule has 0 spiro atoms. The summed E-state index contributed by atoms with van der Waals surface area (Å²) in [6, 6.07) is 0. The fraction of sp³-hybridized carbons (Fsp3) is 0.692. The molecule has 2 heterocycles. The second-order valence-corrected chi connectivity index (χ2v) is 6.08. The topological polar surface area (TPSA) is 38.4 Å². The molecule has 1 unspecified atom stereocenters. The van der Waals surface area contributed by atoms with Gasteiger partial charge in [-0.05, 0) is 25.0 Å². The van der Waals surface area contributed by atoms with Crippen LogP contribution in [0.4, 0.5) is 0 Å². The van der Waals surface area contributed by atoms with E-state index in [1.54, 1.807) is 11.8 Å². The standard InChI is InChI=1S/C13H18N2OS/c1-7(2)9-6-14-13(17-3)10-11(9)15-16-12(10)8-4-5-8/h7-9H,4-6H2,1-3H3. The van der Waals surface area contributed by atoms with E-state index in [9.17, 15) is 0 Å². The van der Waals surface area contributed by atoms with Crippen LogP contribution >= 0.6 is 11.8 Å². The van der Waals surface area contributed by atoms with Crippen molar-refractivity contribution in [3.05, 3.63) is 17.0 Å². The van der Waals surface area contributed by atoms with Gasteiger partial charge in [-0.25, -0.2) is 0 Å². The second kappa shape index (κ2) is 4.16. The lowest BCUT2D eigenvalue weighted by atomic mass is 9.88. The van der Waals surface area contributed by atoms with Gasteiger partial charge in [0, 0.05) is 18.4 Å². The van der Waals surface area contributed by atoms with Gasteiger partial charge in [0.25, 0.3) is 0 Å². The van der Waals surface area contributed by atoms with Gasteiger partial charge in [-0.1, -0.05) is 19.0 Å². The predicted octanol–water partition coefficient (Wildman–Crippen LogP) is 3.41. The van der Waals surface area contributed by atoms with E-state index in [4.69, 9.17) is 9.52 Å². The maximum Gasteiger partial charge on any atom is 0.150 e. The molecule has 0 bridgehead atoms. The van der Waals surface area contributed by atoms with E-state index in [1.807, 2.05) is 0 Å². The zero-order valence-electron chi connectivity index (χ0n) is 10.6. The molecule has 1 saturated carbocycles. The summed E-state index contributed by atoms with van der Waals surface area (Å²) in [6.07, 6.45) is 4.58. The molecule has 3 rings (SSSR count). The summed E-state index contributed by atoms with van der Waals surface area (Å²) in [5.74, 6) is 2.70. The highest BCUT2D eigenvalue weighted by atomic mass is 32.2. The molecule has 4 heteroatoms. The molecule has 17 heavy (non-hydrogen) atoms. The van der Waals surface area contributed by atoms with Gasteiger partial charge < -0.3 is 4.52 Å². The van der Waals surface area contributed by atoms with E-state index in [1.165, 1.54) is 18.4 Å². The van der Waals surface area contributed by atoms with Crippen molar-refractivity contribution in [1.29, 1.82) is 0 Å². The number of rotatable bonds is 2. The predicted molar refractivity (Wildman–Crippen MR) is 71.0 cm³/mol. The van der Waals surface area contributed by atoms with Crippen LogP contribution in [-0.4, -0.2) is 23.0 Å². The monoisotopic (exact) mass is 250 g/mol. The Morgan fingerprint density at radius 2 is 2.12 bits per heavy atom. The Labute approximate surface area is 106 Å². The first-order valence-electron chi connectivity index (χ1n) is 6.30. The number of aromatic nitrogens is 1. The van der Waals surface area contributed by atoms with Gasteiger partial charge in [-0.3, -0.25) is 4.99 Å². The summed E-state index contributed by atoms with van der Waals surface area (Å²) in [6.45, 7) is 5.33. The maximum absolute atomic E-state index is 5.61. The molecule has 0 N–H and O–H groups in total. The van der Waals surface area contributed by atoms with Crippen LogP contribution in [0.5, 0.6) is 0 Å². The first-order valence-corrected chi connectivity index (χ1v) is 7.53. The third kappa shape index (κ3) is 1.82. The Morgan fingerprint density at radius 3 is 2.71 bits per heavy atom. The van der Waals surface area contributed by atoms with Crippen molar-refractivity contribution in [2.45, 2.75) is 38.5 Å². The van der Waals surface area contributed by atoms with Gasteiger partial charge in [-0.2, -0.15) is 0 Å². The molecule has 1 aromatic rings. The third-order valence-corrected chi connectivity index (χ3v) is 4.41.